The van der Waals surface area contributed by atoms with Gasteiger partial charge in [0, 0.05) is 11.6 Å². The Morgan fingerprint density at radius 1 is 1.29 bits per heavy atom. The number of benzene rings is 1. The number of ether oxygens (including phenoxy) is 1. The third-order valence-corrected chi connectivity index (χ3v) is 3.40. The van der Waals surface area contributed by atoms with Crippen molar-refractivity contribution in [1.29, 1.82) is 0 Å². The molecule has 0 aromatic heterocycles. The van der Waals surface area contributed by atoms with Gasteiger partial charge in [0.25, 0.3) is 0 Å². The molecule has 1 rings (SSSR count). The maximum Gasteiger partial charge on any atom is 0.123 e. The molecule has 96 valence electrons. The first-order valence-electron chi connectivity index (χ1n) is 6.30. The highest BCUT2D eigenvalue weighted by Crippen LogP contribution is 2.30. The summed E-state index contributed by atoms with van der Waals surface area (Å²) in [6.45, 7) is 4.86. The Hall–Kier alpha value is -1.06. The second-order valence-electron chi connectivity index (χ2n) is 4.36. The summed E-state index contributed by atoms with van der Waals surface area (Å²) in [6.07, 6.45) is 1.99. The van der Waals surface area contributed by atoms with E-state index in [0.717, 1.165) is 24.2 Å². The van der Waals surface area contributed by atoms with E-state index in [-0.39, 0.29) is 6.04 Å². The van der Waals surface area contributed by atoms with Gasteiger partial charge in [0.05, 0.1) is 7.11 Å². The molecule has 0 aliphatic heterocycles. The van der Waals surface area contributed by atoms with Gasteiger partial charge in [-0.3, -0.25) is 0 Å². The number of hydrogen-bond acceptors (Lipinski definition) is 3. The van der Waals surface area contributed by atoms with E-state index < -0.39 is 0 Å². The second kappa shape index (κ2) is 6.62. The van der Waals surface area contributed by atoms with Crippen LogP contribution in [0.2, 0.25) is 0 Å². The fraction of sp³-hybridized carbons (Fsp3) is 0.571. The Bertz CT molecular complexity index is 348. The van der Waals surface area contributed by atoms with Gasteiger partial charge in [-0.2, -0.15) is 0 Å². The molecule has 3 heteroatoms. The van der Waals surface area contributed by atoms with E-state index in [2.05, 4.69) is 26.0 Å². The van der Waals surface area contributed by atoms with Crippen LogP contribution in [0.25, 0.3) is 0 Å². The molecule has 0 amide bonds. The van der Waals surface area contributed by atoms with Gasteiger partial charge in [0.2, 0.25) is 0 Å². The molecule has 0 fully saturated rings. The molecule has 0 spiro atoms. The van der Waals surface area contributed by atoms with Gasteiger partial charge >= 0.3 is 0 Å². The summed E-state index contributed by atoms with van der Waals surface area (Å²) in [5.41, 5.74) is 14.4. The van der Waals surface area contributed by atoms with E-state index in [0.29, 0.717) is 12.5 Å². The van der Waals surface area contributed by atoms with Crippen LogP contribution in [-0.2, 0) is 6.42 Å². The maximum atomic E-state index is 6.30. The van der Waals surface area contributed by atoms with Gasteiger partial charge in [0.15, 0.2) is 0 Å². The summed E-state index contributed by atoms with van der Waals surface area (Å²) in [6, 6.07) is 6.17. The lowest BCUT2D eigenvalue weighted by Crippen LogP contribution is -2.27. The topological polar surface area (TPSA) is 61.3 Å². The Balaban J connectivity index is 3.08. The first-order valence-corrected chi connectivity index (χ1v) is 6.30. The number of aryl methyl sites for hydroxylation is 1. The van der Waals surface area contributed by atoms with Crippen molar-refractivity contribution in [2.24, 2.45) is 17.4 Å². The van der Waals surface area contributed by atoms with E-state index in [1.807, 2.05) is 6.07 Å². The number of hydrogen-bond donors (Lipinski definition) is 2. The second-order valence-corrected chi connectivity index (χ2v) is 4.36. The van der Waals surface area contributed by atoms with Crippen molar-refractivity contribution in [1.82, 2.24) is 0 Å². The zero-order chi connectivity index (χ0) is 12.8. The van der Waals surface area contributed by atoms with Crippen LogP contribution in [0.1, 0.15) is 37.4 Å². The first kappa shape index (κ1) is 14.0. The summed E-state index contributed by atoms with van der Waals surface area (Å²) in [5.74, 6) is 1.16. The van der Waals surface area contributed by atoms with Gasteiger partial charge in [-0.15, -0.1) is 0 Å². The highest BCUT2D eigenvalue weighted by atomic mass is 16.5. The molecule has 0 heterocycles. The molecule has 0 saturated carbocycles. The van der Waals surface area contributed by atoms with E-state index >= 15 is 0 Å². The molecule has 2 atom stereocenters. The highest BCUT2D eigenvalue weighted by molar-refractivity contribution is 5.39. The monoisotopic (exact) mass is 236 g/mol. The summed E-state index contributed by atoms with van der Waals surface area (Å²) in [7, 11) is 1.68. The van der Waals surface area contributed by atoms with Gasteiger partial charge in [0.1, 0.15) is 5.75 Å². The minimum Gasteiger partial charge on any atom is -0.496 e. The Morgan fingerprint density at radius 2 is 2.00 bits per heavy atom. The predicted molar refractivity (Wildman–Crippen MR) is 72.1 cm³/mol. The summed E-state index contributed by atoms with van der Waals surface area (Å²) in [4.78, 5) is 0. The molecule has 2 unspecified atom stereocenters. The normalized spacial score (nSPS) is 14.4. The number of nitrogens with two attached hydrogens (primary N) is 2. The Morgan fingerprint density at radius 3 is 2.47 bits per heavy atom. The lowest BCUT2D eigenvalue weighted by Gasteiger charge is -2.23. The SMILES string of the molecule is CCc1ccc(OC)c(C(N)C(CC)CN)c1. The molecule has 0 aliphatic rings. The molecule has 4 N–H and O–H groups in total. The molecular weight excluding hydrogens is 212 g/mol. The van der Waals surface area contributed by atoms with Crippen LogP contribution in [0.5, 0.6) is 5.75 Å². The average Bonchev–Trinajstić information content (AvgIpc) is 2.39. The lowest BCUT2D eigenvalue weighted by molar-refractivity contribution is 0.380. The number of rotatable bonds is 6. The minimum absolute atomic E-state index is 0.0496. The minimum atomic E-state index is -0.0496. The van der Waals surface area contributed by atoms with Crippen LogP contribution >= 0.6 is 0 Å². The fourth-order valence-electron chi connectivity index (χ4n) is 2.09. The van der Waals surface area contributed by atoms with Crippen LogP contribution in [0.4, 0.5) is 0 Å². The summed E-state index contributed by atoms with van der Waals surface area (Å²) >= 11 is 0. The van der Waals surface area contributed by atoms with Crippen LogP contribution in [0.3, 0.4) is 0 Å². The van der Waals surface area contributed by atoms with Crippen molar-refractivity contribution in [3.63, 3.8) is 0 Å². The van der Waals surface area contributed by atoms with Crippen molar-refractivity contribution in [3.8, 4) is 5.75 Å². The highest BCUT2D eigenvalue weighted by Gasteiger charge is 2.20. The Kier molecular flexibility index (Phi) is 5.45. The molecule has 0 radical (unpaired) electrons. The zero-order valence-corrected chi connectivity index (χ0v) is 11.1. The summed E-state index contributed by atoms with van der Waals surface area (Å²) < 4.78 is 5.38. The van der Waals surface area contributed by atoms with Gasteiger partial charge in [-0.05, 0) is 30.5 Å². The lowest BCUT2D eigenvalue weighted by atomic mass is 9.90. The molecule has 1 aromatic carbocycles. The van der Waals surface area contributed by atoms with Crippen LogP contribution in [-0.4, -0.2) is 13.7 Å². The third kappa shape index (κ3) is 3.20. The van der Waals surface area contributed by atoms with Gasteiger partial charge in [-0.1, -0.05) is 32.4 Å². The van der Waals surface area contributed by atoms with E-state index in [1.165, 1.54) is 5.56 Å². The fourth-order valence-corrected chi connectivity index (χ4v) is 2.09. The largest absolute Gasteiger partial charge is 0.496 e. The van der Waals surface area contributed by atoms with E-state index in [4.69, 9.17) is 16.2 Å². The molecule has 0 saturated heterocycles. The Labute approximate surface area is 104 Å². The van der Waals surface area contributed by atoms with Crippen molar-refractivity contribution >= 4 is 0 Å². The maximum absolute atomic E-state index is 6.30. The standard InChI is InChI=1S/C14H24N2O/c1-4-10-6-7-13(17-3)12(8-10)14(16)11(5-2)9-15/h6-8,11,14H,4-5,9,15-16H2,1-3H3. The first-order chi connectivity index (χ1) is 8.17. The number of methoxy groups -OCH3 is 1. The van der Waals surface area contributed by atoms with Crippen molar-refractivity contribution in [3.05, 3.63) is 29.3 Å². The van der Waals surface area contributed by atoms with Crippen LogP contribution in [0.15, 0.2) is 18.2 Å². The molecule has 1 aromatic rings. The quantitative estimate of drug-likeness (QED) is 0.796. The van der Waals surface area contributed by atoms with E-state index in [1.54, 1.807) is 7.11 Å². The average molecular weight is 236 g/mol. The van der Waals surface area contributed by atoms with Crippen LogP contribution < -0.4 is 16.2 Å². The molecule has 0 bridgehead atoms. The predicted octanol–water partition coefficient (Wildman–Crippen LogP) is 2.24. The smallest absolute Gasteiger partial charge is 0.123 e. The summed E-state index contributed by atoms with van der Waals surface area (Å²) in [5, 5.41) is 0. The molecular formula is C14H24N2O. The molecule has 3 nitrogen and oxygen atoms in total. The van der Waals surface area contributed by atoms with E-state index in [9.17, 15) is 0 Å². The molecule has 0 aliphatic carbocycles. The van der Waals surface area contributed by atoms with Crippen molar-refractivity contribution in [2.45, 2.75) is 32.7 Å². The molecule has 17 heavy (non-hydrogen) atoms. The van der Waals surface area contributed by atoms with Crippen molar-refractivity contribution < 1.29 is 4.74 Å². The third-order valence-electron chi connectivity index (χ3n) is 3.40. The van der Waals surface area contributed by atoms with Gasteiger partial charge in [-0.25, -0.2) is 0 Å². The van der Waals surface area contributed by atoms with Crippen molar-refractivity contribution in [2.75, 3.05) is 13.7 Å². The van der Waals surface area contributed by atoms with Crippen LogP contribution in [0, 0.1) is 5.92 Å². The zero-order valence-electron chi connectivity index (χ0n) is 11.1. The van der Waals surface area contributed by atoms with Gasteiger partial charge < -0.3 is 16.2 Å².